The Kier molecular flexibility index (Phi) is 6.52. The number of phenols is 2. The Labute approximate surface area is 188 Å². The highest BCUT2D eigenvalue weighted by atomic mass is 16.7. The first-order chi connectivity index (χ1) is 15.7. The standard InChI is InChI=1S/C22H26O11/c1-30-15-3-2-9(4-13(15)25)21-14(26)7-11-12(24)5-10(6-16(11)32-21)31-22-20(29)19(28)18(27)17(8-23)33-22/h2-6,14,17-29H,7-8H2,1H3/t14-,17+,18+,19-,20+,21+,22+/m0/s1. The minimum Gasteiger partial charge on any atom is -0.507 e. The summed E-state index contributed by atoms with van der Waals surface area (Å²) in [6, 6.07) is 7.22. The van der Waals surface area contributed by atoms with Crippen LogP contribution in [0.3, 0.4) is 0 Å². The van der Waals surface area contributed by atoms with Gasteiger partial charge in [-0.15, -0.1) is 0 Å². The van der Waals surface area contributed by atoms with Crippen molar-refractivity contribution >= 4 is 0 Å². The molecule has 2 heterocycles. The van der Waals surface area contributed by atoms with Crippen molar-refractivity contribution in [3.63, 3.8) is 0 Å². The Morgan fingerprint density at radius 3 is 2.39 bits per heavy atom. The van der Waals surface area contributed by atoms with Crippen LogP contribution in [-0.2, 0) is 11.2 Å². The summed E-state index contributed by atoms with van der Waals surface area (Å²) in [6.45, 7) is -0.613. The predicted octanol–water partition coefficient (Wildman–Crippen LogP) is -0.678. The van der Waals surface area contributed by atoms with E-state index in [0.717, 1.165) is 0 Å². The molecule has 0 radical (unpaired) electrons. The van der Waals surface area contributed by atoms with E-state index in [1.807, 2.05) is 0 Å². The molecule has 7 N–H and O–H groups in total. The van der Waals surface area contributed by atoms with Crippen LogP contribution in [0, 0.1) is 0 Å². The van der Waals surface area contributed by atoms with Gasteiger partial charge in [-0.2, -0.15) is 0 Å². The summed E-state index contributed by atoms with van der Waals surface area (Å²) in [5.41, 5.74) is 0.809. The molecule has 11 nitrogen and oxygen atoms in total. The predicted molar refractivity (Wildman–Crippen MR) is 110 cm³/mol. The second kappa shape index (κ2) is 9.21. The minimum atomic E-state index is -1.63. The summed E-state index contributed by atoms with van der Waals surface area (Å²) in [5, 5.41) is 70.4. The molecule has 2 aromatic carbocycles. The fourth-order valence-electron chi connectivity index (χ4n) is 3.99. The minimum absolute atomic E-state index is 0.0169. The number of hydrogen-bond donors (Lipinski definition) is 7. The maximum absolute atomic E-state index is 10.6. The van der Waals surface area contributed by atoms with Crippen LogP contribution in [-0.4, -0.2) is 86.3 Å². The second-order valence-corrected chi connectivity index (χ2v) is 7.98. The number of hydrogen-bond acceptors (Lipinski definition) is 11. The number of fused-ring (bicyclic) bond motifs is 1. The fourth-order valence-corrected chi connectivity index (χ4v) is 3.99. The van der Waals surface area contributed by atoms with Crippen LogP contribution in [0.4, 0.5) is 0 Å². The SMILES string of the molecule is COc1ccc([C@H]2Oc3cc(O[C@@H]4O[C@H](CO)[C@@H](O)[C@H](O)[C@H]4O)cc(O)c3C[C@@H]2O)cc1O. The van der Waals surface area contributed by atoms with E-state index < -0.39 is 49.5 Å². The molecule has 33 heavy (non-hydrogen) atoms. The third-order valence-electron chi connectivity index (χ3n) is 5.81. The van der Waals surface area contributed by atoms with Crippen molar-refractivity contribution in [2.75, 3.05) is 13.7 Å². The summed E-state index contributed by atoms with van der Waals surface area (Å²) in [4.78, 5) is 0. The molecule has 180 valence electrons. The largest absolute Gasteiger partial charge is 0.507 e. The molecule has 0 aromatic heterocycles. The lowest BCUT2D eigenvalue weighted by molar-refractivity contribution is -0.277. The van der Waals surface area contributed by atoms with Gasteiger partial charge >= 0.3 is 0 Å². The van der Waals surface area contributed by atoms with Crippen molar-refractivity contribution in [3.8, 4) is 28.7 Å². The zero-order valence-electron chi connectivity index (χ0n) is 17.6. The third kappa shape index (κ3) is 4.38. The molecule has 0 aliphatic carbocycles. The average Bonchev–Trinajstić information content (AvgIpc) is 2.79. The summed E-state index contributed by atoms with van der Waals surface area (Å²) >= 11 is 0. The second-order valence-electron chi connectivity index (χ2n) is 7.98. The van der Waals surface area contributed by atoms with Crippen molar-refractivity contribution in [1.82, 2.24) is 0 Å². The number of phenolic OH excluding ortho intramolecular Hbond substituents is 2. The van der Waals surface area contributed by atoms with Gasteiger partial charge in [0.25, 0.3) is 0 Å². The Hall–Kier alpha value is -2.80. The summed E-state index contributed by atoms with van der Waals surface area (Å²) in [5.74, 6) is 0.113. The van der Waals surface area contributed by atoms with Crippen molar-refractivity contribution < 1.29 is 54.7 Å². The number of aromatic hydroxyl groups is 2. The zero-order chi connectivity index (χ0) is 23.9. The monoisotopic (exact) mass is 466 g/mol. The van der Waals surface area contributed by atoms with Crippen LogP contribution >= 0.6 is 0 Å². The molecule has 1 fully saturated rings. The van der Waals surface area contributed by atoms with Crippen LogP contribution < -0.4 is 14.2 Å². The topological polar surface area (TPSA) is 179 Å². The molecule has 0 unspecified atom stereocenters. The molecular weight excluding hydrogens is 440 g/mol. The normalized spacial score (nSPS) is 31.4. The van der Waals surface area contributed by atoms with Gasteiger partial charge in [-0.05, 0) is 17.7 Å². The lowest BCUT2D eigenvalue weighted by Crippen LogP contribution is -2.60. The van der Waals surface area contributed by atoms with Crippen LogP contribution in [0.1, 0.15) is 17.2 Å². The van der Waals surface area contributed by atoms with Crippen LogP contribution in [0.25, 0.3) is 0 Å². The van der Waals surface area contributed by atoms with Crippen molar-refractivity contribution in [2.24, 2.45) is 0 Å². The van der Waals surface area contributed by atoms with E-state index in [1.54, 1.807) is 6.07 Å². The number of benzene rings is 2. The molecule has 2 aliphatic heterocycles. The molecule has 0 saturated carbocycles. The van der Waals surface area contributed by atoms with Crippen molar-refractivity contribution in [3.05, 3.63) is 41.5 Å². The van der Waals surface area contributed by atoms with Crippen LogP contribution in [0.15, 0.2) is 30.3 Å². The number of ether oxygens (including phenoxy) is 4. The van der Waals surface area contributed by atoms with Crippen LogP contribution in [0.5, 0.6) is 28.7 Å². The molecular formula is C22H26O11. The maximum atomic E-state index is 10.6. The fraction of sp³-hybridized carbons (Fsp3) is 0.455. The summed E-state index contributed by atoms with van der Waals surface area (Å²) in [7, 11) is 1.41. The molecule has 0 spiro atoms. The first kappa shape index (κ1) is 23.4. The van der Waals surface area contributed by atoms with E-state index in [0.29, 0.717) is 11.1 Å². The third-order valence-corrected chi connectivity index (χ3v) is 5.81. The first-order valence-electron chi connectivity index (χ1n) is 10.3. The Bertz CT molecular complexity index is 995. The summed E-state index contributed by atoms with van der Waals surface area (Å²) < 4.78 is 21.8. The molecule has 0 amide bonds. The van der Waals surface area contributed by atoms with Gasteiger partial charge in [0.2, 0.25) is 6.29 Å². The molecule has 0 bridgehead atoms. The molecule has 2 aromatic rings. The average molecular weight is 466 g/mol. The van der Waals surface area contributed by atoms with Gasteiger partial charge in [-0.3, -0.25) is 0 Å². The molecule has 11 heteroatoms. The quantitative estimate of drug-likeness (QED) is 0.297. The summed E-state index contributed by atoms with van der Waals surface area (Å²) in [6.07, 6.45) is -9.21. The highest BCUT2D eigenvalue weighted by Gasteiger charge is 2.45. The van der Waals surface area contributed by atoms with Crippen molar-refractivity contribution in [1.29, 1.82) is 0 Å². The van der Waals surface area contributed by atoms with Gasteiger partial charge in [-0.25, -0.2) is 0 Å². The van der Waals surface area contributed by atoms with Gasteiger partial charge in [0.05, 0.1) is 19.8 Å². The van der Waals surface area contributed by atoms with E-state index in [9.17, 15) is 35.7 Å². The van der Waals surface area contributed by atoms with Gasteiger partial charge in [0.15, 0.2) is 11.5 Å². The zero-order valence-corrected chi connectivity index (χ0v) is 17.6. The lowest BCUT2D eigenvalue weighted by Gasteiger charge is -2.39. The highest BCUT2D eigenvalue weighted by molar-refractivity contribution is 5.52. The highest BCUT2D eigenvalue weighted by Crippen LogP contribution is 2.43. The number of methoxy groups -OCH3 is 1. The number of aliphatic hydroxyl groups excluding tert-OH is 5. The van der Waals surface area contributed by atoms with Crippen molar-refractivity contribution in [2.45, 2.75) is 49.3 Å². The van der Waals surface area contributed by atoms with Gasteiger partial charge in [0, 0.05) is 24.1 Å². The van der Waals surface area contributed by atoms with Gasteiger partial charge in [-0.1, -0.05) is 6.07 Å². The van der Waals surface area contributed by atoms with Gasteiger partial charge in [0.1, 0.15) is 47.8 Å². The lowest BCUT2D eigenvalue weighted by atomic mass is 9.94. The van der Waals surface area contributed by atoms with E-state index in [1.165, 1.54) is 31.4 Å². The molecule has 1 saturated heterocycles. The number of rotatable bonds is 5. The van der Waals surface area contributed by atoms with Crippen LogP contribution in [0.2, 0.25) is 0 Å². The molecule has 7 atom stereocenters. The number of aliphatic hydroxyl groups is 5. The smallest absolute Gasteiger partial charge is 0.229 e. The Morgan fingerprint density at radius 2 is 1.73 bits per heavy atom. The molecule has 4 rings (SSSR count). The molecule has 2 aliphatic rings. The van der Waals surface area contributed by atoms with Gasteiger partial charge < -0.3 is 54.7 Å². The Morgan fingerprint density at radius 1 is 0.970 bits per heavy atom. The Balaban J connectivity index is 1.58. The maximum Gasteiger partial charge on any atom is 0.229 e. The van der Waals surface area contributed by atoms with E-state index in [4.69, 9.17) is 18.9 Å². The van der Waals surface area contributed by atoms with E-state index in [2.05, 4.69) is 0 Å². The van der Waals surface area contributed by atoms with E-state index in [-0.39, 0.29) is 35.2 Å². The van der Waals surface area contributed by atoms with E-state index >= 15 is 0 Å². The first-order valence-corrected chi connectivity index (χ1v) is 10.3.